The van der Waals surface area contributed by atoms with Gasteiger partial charge in [-0.2, -0.15) is 5.10 Å². The Bertz CT molecular complexity index is 273. The van der Waals surface area contributed by atoms with Crippen LogP contribution in [0.1, 0.15) is 13.3 Å². The molecular weight excluding hydrogens is 176 g/mol. The first kappa shape index (κ1) is 9.52. The maximum atomic E-state index is 4.30. The van der Waals surface area contributed by atoms with Gasteiger partial charge in [0.25, 0.3) is 0 Å². The minimum Gasteiger partial charge on any atom is -0.368 e. The number of nitrogens with one attached hydrogen (secondary N) is 1. The van der Waals surface area contributed by atoms with Crippen molar-refractivity contribution in [2.45, 2.75) is 19.9 Å². The molecule has 2 heterocycles. The van der Waals surface area contributed by atoms with E-state index in [2.05, 4.69) is 28.4 Å². The van der Waals surface area contributed by atoms with Crippen LogP contribution in [0.4, 0.5) is 5.69 Å². The van der Waals surface area contributed by atoms with Crippen LogP contribution in [0.15, 0.2) is 12.4 Å². The minimum absolute atomic E-state index is 0.950. The highest BCUT2D eigenvalue weighted by Gasteiger charge is 2.10. The Morgan fingerprint density at radius 2 is 2.36 bits per heavy atom. The van der Waals surface area contributed by atoms with Crippen LogP contribution in [0.2, 0.25) is 0 Å². The summed E-state index contributed by atoms with van der Waals surface area (Å²) in [4.78, 5) is 2.40. The van der Waals surface area contributed by atoms with Gasteiger partial charge >= 0.3 is 0 Å². The Balaban J connectivity index is 2.04. The fourth-order valence-electron chi connectivity index (χ4n) is 1.79. The maximum Gasteiger partial charge on any atom is 0.0752 e. The second-order valence-electron chi connectivity index (χ2n) is 3.64. The fraction of sp³-hybridized carbons (Fsp3) is 0.700. The first-order valence-electron chi connectivity index (χ1n) is 5.38. The highest BCUT2D eigenvalue weighted by Crippen LogP contribution is 2.13. The average Bonchev–Trinajstić information content (AvgIpc) is 2.53. The van der Waals surface area contributed by atoms with Crippen molar-refractivity contribution < 1.29 is 0 Å². The summed E-state index contributed by atoms with van der Waals surface area (Å²) in [5, 5.41) is 7.69. The first-order chi connectivity index (χ1) is 6.90. The monoisotopic (exact) mass is 194 g/mol. The van der Waals surface area contributed by atoms with Crippen molar-refractivity contribution >= 4 is 5.69 Å². The van der Waals surface area contributed by atoms with Crippen LogP contribution in [0.3, 0.4) is 0 Å². The quantitative estimate of drug-likeness (QED) is 0.752. The van der Waals surface area contributed by atoms with E-state index in [1.807, 2.05) is 10.9 Å². The van der Waals surface area contributed by atoms with Crippen molar-refractivity contribution in [2.24, 2.45) is 0 Å². The molecule has 0 radical (unpaired) electrons. The van der Waals surface area contributed by atoms with Crippen LogP contribution in [-0.4, -0.2) is 36.0 Å². The Labute approximate surface area is 84.9 Å². The van der Waals surface area contributed by atoms with Gasteiger partial charge in [0.1, 0.15) is 0 Å². The predicted octanol–water partition coefficient (Wildman–Crippen LogP) is 0.703. The van der Waals surface area contributed by atoms with E-state index in [9.17, 15) is 0 Å². The smallest absolute Gasteiger partial charge is 0.0752 e. The zero-order chi connectivity index (χ0) is 9.80. The predicted molar refractivity (Wildman–Crippen MR) is 57.6 cm³/mol. The van der Waals surface area contributed by atoms with Gasteiger partial charge in [0.2, 0.25) is 0 Å². The molecule has 4 heteroatoms. The zero-order valence-electron chi connectivity index (χ0n) is 8.74. The first-order valence-corrected chi connectivity index (χ1v) is 5.38. The van der Waals surface area contributed by atoms with E-state index in [0.717, 1.165) is 32.7 Å². The summed E-state index contributed by atoms with van der Waals surface area (Å²) in [5.74, 6) is 0. The molecule has 1 aliphatic heterocycles. The minimum atomic E-state index is 0.950. The molecule has 1 fully saturated rings. The summed E-state index contributed by atoms with van der Waals surface area (Å²) in [6.07, 6.45) is 5.32. The van der Waals surface area contributed by atoms with E-state index in [0.29, 0.717) is 0 Å². The average molecular weight is 194 g/mol. The van der Waals surface area contributed by atoms with E-state index in [1.54, 1.807) is 0 Å². The molecule has 14 heavy (non-hydrogen) atoms. The second-order valence-corrected chi connectivity index (χ2v) is 3.64. The van der Waals surface area contributed by atoms with Gasteiger partial charge in [-0.05, 0) is 19.9 Å². The van der Waals surface area contributed by atoms with Gasteiger partial charge in [-0.1, -0.05) is 0 Å². The topological polar surface area (TPSA) is 33.1 Å². The van der Waals surface area contributed by atoms with Gasteiger partial charge < -0.3 is 10.2 Å². The Morgan fingerprint density at radius 1 is 1.43 bits per heavy atom. The largest absolute Gasteiger partial charge is 0.368 e. The number of nitrogens with zero attached hydrogens (tertiary/aromatic N) is 3. The van der Waals surface area contributed by atoms with E-state index >= 15 is 0 Å². The van der Waals surface area contributed by atoms with Crippen molar-refractivity contribution in [2.75, 3.05) is 31.1 Å². The fourth-order valence-corrected chi connectivity index (χ4v) is 1.79. The highest BCUT2D eigenvalue weighted by molar-refractivity contribution is 5.42. The number of hydrogen-bond donors (Lipinski definition) is 1. The standard InChI is InChI=1S/C10H18N4/c1-2-14-9-10(8-12-14)13-6-3-4-11-5-7-13/h8-9,11H,2-7H2,1H3. The van der Waals surface area contributed by atoms with Crippen LogP contribution >= 0.6 is 0 Å². The molecule has 0 amide bonds. The molecule has 0 aromatic carbocycles. The van der Waals surface area contributed by atoms with Gasteiger partial charge in [-0.15, -0.1) is 0 Å². The molecule has 1 saturated heterocycles. The third kappa shape index (κ3) is 2.07. The SMILES string of the molecule is CCn1cc(N2CCCNCC2)cn1. The highest BCUT2D eigenvalue weighted by atomic mass is 15.3. The third-order valence-electron chi connectivity index (χ3n) is 2.65. The number of aromatic nitrogens is 2. The van der Waals surface area contributed by atoms with Gasteiger partial charge in [-0.25, -0.2) is 0 Å². The lowest BCUT2D eigenvalue weighted by Crippen LogP contribution is -2.27. The molecule has 1 N–H and O–H groups in total. The van der Waals surface area contributed by atoms with Crippen LogP contribution in [0, 0.1) is 0 Å². The van der Waals surface area contributed by atoms with E-state index in [4.69, 9.17) is 0 Å². The second kappa shape index (κ2) is 4.46. The van der Waals surface area contributed by atoms with E-state index < -0.39 is 0 Å². The summed E-state index contributed by atoms with van der Waals surface area (Å²) in [5.41, 5.74) is 1.26. The molecular formula is C10H18N4. The molecule has 0 saturated carbocycles. The van der Waals surface area contributed by atoms with Crippen molar-refractivity contribution in [1.29, 1.82) is 0 Å². The summed E-state index contributed by atoms with van der Waals surface area (Å²) >= 11 is 0. The van der Waals surface area contributed by atoms with Crippen LogP contribution in [-0.2, 0) is 6.54 Å². The number of anilines is 1. The third-order valence-corrected chi connectivity index (χ3v) is 2.65. The van der Waals surface area contributed by atoms with Gasteiger partial charge in [0.05, 0.1) is 11.9 Å². The normalized spacial score (nSPS) is 18.2. The maximum absolute atomic E-state index is 4.30. The van der Waals surface area contributed by atoms with Crippen LogP contribution in [0.5, 0.6) is 0 Å². The van der Waals surface area contributed by atoms with Crippen molar-refractivity contribution in [3.8, 4) is 0 Å². The Morgan fingerprint density at radius 3 is 3.14 bits per heavy atom. The summed E-state index contributed by atoms with van der Waals surface area (Å²) < 4.78 is 1.98. The van der Waals surface area contributed by atoms with Crippen LogP contribution < -0.4 is 10.2 Å². The molecule has 2 rings (SSSR count). The van der Waals surface area contributed by atoms with E-state index in [1.165, 1.54) is 12.1 Å². The molecule has 0 aliphatic carbocycles. The zero-order valence-corrected chi connectivity index (χ0v) is 8.74. The van der Waals surface area contributed by atoms with Crippen molar-refractivity contribution in [3.05, 3.63) is 12.4 Å². The Kier molecular flexibility index (Phi) is 3.03. The molecule has 0 spiro atoms. The lowest BCUT2D eigenvalue weighted by molar-refractivity contribution is 0.659. The summed E-state index contributed by atoms with van der Waals surface area (Å²) in [6.45, 7) is 7.51. The lowest BCUT2D eigenvalue weighted by Gasteiger charge is -2.19. The number of hydrogen-bond acceptors (Lipinski definition) is 3. The molecule has 1 aromatic rings. The summed E-state index contributed by atoms with van der Waals surface area (Å²) in [6, 6.07) is 0. The molecule has 4 nitrogen and oxygen atoms in total. The molecule has 1 aromatic heterocycles. The van der Waals surface area contributed by atoms with E-state index in [-0.39, 0.29) is 0 Å². The number of rotatable bonds is 2. The van der Waals surface area contributed by atoms with Crippen molar-refractivity contribution in [1.82, 2.24) is 15.1 Å². The van der Waals surface area contributed by atoms with Crippen LogP contribution in [0.25, 0.3) is 0 Å². The molecule has 78 valence electrons. The van der Waals surface area contributed by atoms with Crippen molar-refractivity contribution in [3.63, 3.8) is 0 Å². The van der Waals surface area contributed by atoms with Gasteiger partial charge in [0, 0.05) is 32.4 Å². The molecule has 0 bridgehead atoms. The Hall–Kier alpha value is -1.03. The van der Waals surface area contributed by atoms with Gasteiger partial charge in [0.15, 0.2) is 0 Å². The molecule has 0 unspecified atom stereocenters. The van der Waals surface area contributed by atoms with Gasteiger partial charge in [-0.3, -0.25) is 4.68 Å². The number of aryl methyl sites for hydroxylation is 1. The lowest BCUT2D eigenvalue weighted by atomic mass is 10.3. The summed E-state index contributed by atoms with van der Waals surface area (Å²) in [7, 11) is 0. The molecule has 1 aliphatic rings. The molecule has 0 atom stereocenters.